The Morgan fingerprint density at radius 2 is 1.82 bits per heavy atom. The van der Waals surface area contributed by atoms with E-state index in [1.165, 1.54) is 12.8 Å². The monoisotopic (exact) mass is 526 g/mol. The van der Waals surface area contributed by atoms with Gasteiger partial charge < -0.3 is 24.6 Å². The quantitative estimate of drug-likeness (QED) is 0.558. The first-order valence-electron chi connectivity index (χ1n) is 15.3. The van der Waals surface area contributed by atoms with Gasteiger partial charge in [0.05, 0.1) is 38.0 Å². The van der Waals surface area contributed by atoms with Crippen LogP contribution in [0.15, 0.2) is 0 Å². The molecule has 5 saturated carbocycles. The molecule has 1 unspecified atom stereocenters. The average Bonchev–Trinajstić information content (AvgIpc) is 3.45. The lowest BCUT2D eigenvalue weighted by molar-refractivity contribution is -0.144. The summed E-state index contributed by atoms with van der Waals surface area (Å²) >= 11 is 0. The predicted octanol–water partition coefficient (Wildman–Crippen LogP) is 4.69. The topological polar surface area (TPSA) is 79.2 Å². The van der Waals surface area contributed by atoms with Gasteiger partial charge in [-0.25, -0.2) is 0 Å². The van der Waals surface area contributed by atoms with Crippen molar-refractivity contribution in [1.29, 1.82) is 0 Å². The molecule has 0 aromatic rings. The molecule has 5 aliphatic carbocycles. The van der Waals surface area contributed by atoms with Crippen molar-refractivity contribution in [1.82, 2.24) is 4.90 Å². The number of hydrogen-bond donors (Lipinski definition) is 2. The van der Waals surface area contributed by atoms with Crippen LogP contribution in [0.1, 0.15) is 92.9 Å². The lowest BCUT2D eigenvalue weighted by atomic mass is 9.41. The van der Waals surface area contributed by atoms with E-state index in [-0.39, 0.29) is 45.6 Å². The Hall–Kier alpha value is -0.690. The molecule has 7 rings (SSSR count). The molecule has 1 amide bonds. The van der Waals surface area contributed by atoms with E-state index in [4.69, 9.17) is 9.47 Å². The first kappa shape index (κ1) is 26.2. The normalized spacial score (nSPS) is 52.2. The van der Waals surface area contributed by atoms with E-state index >= 15 is 0 Å². The van der Waals surface area contributed by atoms with Gasteiger partial charge in [-0.3, -0.25) is 4.79 Å². The minimum Gasteiger partial charge on any atom is -0.393 e. The standard InChI is InChI=1S/C32H48NO5/c1-18-13-21(14-33(19(2)34)20-15-37-16-20)38-26-25(18)29(5)11-12-32-17-31(32)10-9-24(35)28(3,4)22(31)7-8-23(32)30(29,6)27(26)36/h18,20,22,24-25,27,35-36H,7-17H2,1-6H3/t18-,22+,24?,25+,27+,29-,30-,31-,32+/m1/s1. The Balaban J connectivity index is 1.19. The third-order valence-electron chi connectivity index (χ3n) is 13.9. The zero-order chi connectivity index (χ0) is 27.0. The first-order chi connectivity index (χ1) is 17.8. The number of carbonyl (C=O) groups excluding carboxylic acids is 1. The highest BCUT2D eigenvalue weighted by molar-refractivity contribution is 5.74. The molecule has 6 nitrogen and oxygen atoms in total. The van der Waals surface area contributed by atoms with Gasteiger partial charge >= 0.3 is 0 Å². The van der Waals surface area contributed by atoms with Crippen molar-refractivity contribution in [3.63, 3.8) is 0 Å². The molecule has 0 aromatic carbocycles. The summed E-state index contributed by atoms with van der Waals surface area (Å²) in [7, 11) is 0. The number of fused-ring (bicyclic) bond motifs is 4. The number of rotatable bonds is 3. The van der Waals surface area contributed by atoms with E-state index in [2.05, 4.69) is 34.6 Å². The van der Waals surface area contributed by atoms with Crippen LogP contribution in [0.5, 0.6) is 0 Å². The van der Waals surface area contributed by atoms with Gasteiger partial charge in [0.2, 0.25) is 5.91 Å². The Morgan fingerprint density at radius 3 is 2.47 bits per heavy atom. The summed E-state index contributed by atoms with van der Waals surface area (Å²) in [5.74, 6) is 2.84. The molecule has 7 aliphatic rings. The smallest absolute Gasteiger partial charge is 0.219 e. The van der Waals surface area contributed by atoms with E-state index in [9.17, 15) is 15.0 Å². The van der Waals surface area contributed by atoms with Crippen LogP contribution in [0.3, 0.4) is 0 Å². The highest BCUT2D eigenvalue weighted by Crippen LogP contribution is 2.90. The Bertz CT molecular complexity index is 1010. The van der Waals surface area contributed by atoms with Crippen molar-refractivity contribution in [2.24, 2.45) is 44.8 Å². The second-order valence-electron chi connectivity index (χ2n) is 15.4. The van der Waals surface area contributed by atoms with Crippen molar-refractivity contribution in [2.45, 2.75) is 111 Å². The van der Waals surface area contributed by atoms with E-state index in [0.29, 0.717) is 37.0 Å². The number of carbonyl (C=O) groups is 1. The maximum Gasteiger partial charge on any atom is 0.219 e. The number of nitrogens with zero attached hydrogens (tertiary/aromatic N) is 1. The third-order valence-corrected chi connectivity index (χ3v) is 13.9. The highest BCUT2D eigenvalue weighted by atomic mass is 16.5. The Labute approximate surface area is 229 Å². The second-order valence-corrected chi connectivity index (χ2v) is 15.4. The summed E-state index contributed by atoms with van der Waals surface area (Å²) in [6, 6.07) is 0.127. The van der Waals surface area contributed by atoms with Crippen LogP contribution >= 0.6 is 0 Å². The van der Waals surface area contributed by atoms with Gasteiger partial charge in [0, 0.05) is 18.3 Å². The van der Waals surface area contributed by atoms with Crippen molar-refractivity contribution in [2.75, 3.05) is 19.8 Å². The molecule has 2 aliphatic heterocycles. The van der Waals surface area contributed by atoms with Crippen molar-refractivity contribution < 1.29 is 24.5 Å². The molecule has 0 bridgehead atoms. The largest absolute Gasteiger partial charge is 0.393 e. The van der Waals surface area contributed by atoms with Crippen LogP contribution < -0.4 is 0 Å². The van der Waals surface area contributed by atoms with Gasteiger partial charge in [-0.15, -0.1) is 0 Å². The van der Waals surface area contributed by atoms with Gasteiger partial charge in [0.1, 0.15) is 12.2 Å². The summed E-state index contributed by atoms with van der Waals surface area (Å²) in [6.07, 6.45) is 9.63. The lowest BCUT2D eigenvalue weighted by Crippen LogP contribution is -2.58. The number of aliphatic hydroxyl groups excluding tert-OH is 2. The summed E-state index contributed by atoms with van der Waals surface area (Å²) in [6.45, 7) is 15.1. The predicted molar refractivity (Wildman–Crippen MR) is 143 cm³/mol. The van der Waals surface area contributed by atoms with Crippen LogP contribution in [0.25, 0.3) is 0 Å². The molecular weight excluding hydrogens is 478 g/mol. The van der Waals surface area contributed by atoms with Crippen molar-refractivity contribution >= 4 is 5.91 Å². The maximum absolute atomic E-state index is 12.4. The molecule has 211 valence electrons. The molecular formula is C32H48NO5. The van der Waals surface area contributed by atoms with Gasteiger partial charge in [0.15, 0.2) is 0 Å². The molecule has 0 aromatic heterocycles. The Kier molecular flexibility index (Phi) is 5.51. The second kappa shape index (κ2) is 7.98. The average molecular weight is 527 g/mol. The lowest BCUT2D eigenvalue weighted by Gasteiger charge is -2.63. The minimum absolute atomic E-state index is 0.0321. The SMILES string of the molecule is CC(=O)N(C[C]1C[C@@H](C)[C@H]2[C](O1)[C@H](O)[C@@]1(C)[C]3CC[C@H]4C(C)(C)C(O)CC[C@@]45C[C@@]35CC[C@]21C)C1COC1. The Morgan fingerprint density at radius 1 is 1.08 bits per heavy atom. The number of amides is 1. The van der Waals surface area contributed by atoms with Crippen LogP contribution in [-0.2, 0) is 14.3 Å². The molecule has 3 radical (unpaired) electrons. The molecule has 2 spiro atoms. The van der Waals surface area contributed by atoms with Crippen molar-refractivity contribution in [3.05, 3.63) is 18.1 Å². The van der Waals surface area contributed by atoms with Crippen LogP contribution in [0.2, 0.25) is 0 Å². The molecule has 6 heteroatoms. The van der Waals surface area contributed by atoms with E-state index < -0.39 is 6.10 Å². The van der Waals surface area contributed by atoms with Gasteiger partial charge in [0.25, 0.3) is 0 Å². The fourth-order valence-electron chi connectivity index (χ4n) is 11.7. The number of ether oxygens (including phenoxy) is 2. The van der Waals surface area contributed by atoms with E-state index in [0.717, 1.165) is 50.7 Å². The van der Waals surface area contributed by atoms with Gasteiger partial charge in [-0.1, -0.05) is 34.6 Å². The van der Waals surface area contributed by atoms with Crippen LogP contribution in [0, 0.1) is 63.0 Å². The van der Waals surface area contributed by atoms with Gasteiger partial charge in [-0.2, -0.15) is 0 Å². The fraction of sp³-hybridized carbons (Fsp3) is 0.875. The summed E-state index contributed by atoms with van der Waals surface area (Å²) in [5.41, 5.74) is 0.160. The zero-order valence-electron chi connectivity index (χ0n) is 24.3. The number of aliphatic hydroxyl groups is 2. The third kappa shape index (κ3) is 2.92. The van der Waals surface area contributed by atoms with E-state index in [1.54, 1.807) is 12.8 Å². The van der Waals surface area contributed by atoms with E-state index in [1.807, 2.05) is 4.90 Å². The molecule has 2 saturated heterocycles. The van der Waals surface area contributed by atoms with Crippen LogP contribution in [-0.4, -0.2) is 59.0 Å². The first-order valence-corrected chi connectivity index (χ1v) is 15.3. The summed E-state index contributed by atoms with van der Waals surface area (Å²) in [5, 5.41) is 23.2. The van der Waals surface area contributed by atoms with Gasteiger partial charge in [-0.05, 0) is 90.8 Å². The molecule has 38 heavy (non-hydrogen) atoms. The summed E-state index contributed by atoms with van der Waals surface area (Å²) < 4.78 is 12.1. The fourth-order valence-corrected chi connectivity index (χ4v) is 11.7. The van der Waals surface area contributed by atoms with Crippen molar-refractivity contribution in [3.8, 4) is 0 Å². The highest BCUT2D eigenvalue weighted by Gasteiger charge is 2.85. The maximum atomic E-state index is 12.4. The molecule has 2 heterocycles. The summed E-state index contributed by atoms with van der Waals surface area (Å²) in [4.78, 5) is 14.3. The molecule has 9 atom stereocenters. The number of hydrogen-bond acceptors (Lipinski definition) is 5. The molecule has 7 fully saturated rings. The molecule has 2 N–H and O–H groups in total. The zero-order valence-corrected chi connectivity index (χ0v) is 24.3. The minimum atomic E-state index is -0.614. The van der Waals surface area contributed by atoms with Crippen LogP contribution in [0.4, 0.5) is 0 Å².